The molecular weight excluding hydrogens is 590 g/mol. The van der Waals surface area contributed by atoms with Gasteiger partial charge in [-0.15, -0.1) is 0 Å². The van der Waals surface area contributed by atoms with Gasteiger partial charge < -0.3 is 20.5 Å². The van der Waals surface area contributed by atoms with Gasteiger partial charge >= 0.3 is 0 Å². The van der Waals surface area contributed by atoms with Crippen LogP contribution in [0.1, 0.15) is 68.4 Å². The highest BCUT2D eigenvalue weighted by molar-refractivity contribution is 7.89. The van der Waals surface area contributed by atoms with E-state index in [-0.39, 0.29) is 35.7 Å². The summed E-state index contributed by atoms with van der Waals surface area (Å²) < 4.78 is 60.4. The molecule has 0 radical (unpaired) electrons. The third-order valence-electron chi connectivity index (χ3n) is 9.49. The molecule has 9 nitrogen and oxygen atoms in total. The van der Waals surface area contributed by atoms with Gasteiger partial charge in [-0.2, -0.15) is 4.31 Å². The van der Waals surface area contributed by atoms with E-state index in [0.29, 0.717) is 37.1 Å². The van der Waals surface area contributed by atoms with Crippen LogP contribution in [0.4, 0.5) is 8.78 Å². The molecule has 3 aliphatic rings. The number of ether oxygens (including phenoxy) is 1. The maximum absolute atomic E-state index is 14.1. The van der Waals surface area contributed by atoms with Gasteiger partial charge in [-0.25, -0.2) is 17.2 Å². The fourth-order valence-corrected chi connectivity index (χ4v) is 8.94. The number of aliphatic hydroxyl groups excluding tert-OH is 1. The monoisotopic (exact) mass is 634 g/mol. The lowest BCUT2D eigenvalue weighted by molar-refractivity contribution is -0.134. The molecule has 242 valence electrons. The Morgan fingerprint density at radius 3 is 2.27 bits per heavy atom. The standard InChI is InChI=1S/C32H44F2N4O5S/c1-43-32(40)37-30(29(22-8-13-24(33)14-9-22)23-10-15-25(34)16-11-23)31(39)36-28-7-3-2-5-21(28)12-17-27-19-35-26-6-4-18-44(41,42)38(27)20-26/h8-11,13-16,21,26-30,32,35,37,40H,2-7,12,17-20H2,1H3,(H,36,39)/t21-,26-,27+,28+,30+,32?/m1/s1. The van der Waals surface area contributed by atoms with E-state index in [1.807, 2.05) is 0 Å². The molecule has 1 aliphatic carbocycles. The van der Waals surface area contributed by atoms with Gasteiger partial charge in [0, 0.05) is 44.2 Å². The van der Waals surface area contributed by atoms with E-state index < -0.39 is 40.0 Å². The van der Waals surface area contributed by atoms with Crippen LogP contribution in [-0.2, 0) is 19.6 Å². The SMILES string of the molecule is COC(O)N[C@H](C(=O)N[C@H]1CCCC[C@@H]1CC[C@H]1CN[C@@H]2CCCS(=O)(=O)N1C2)C(c1ccc(F)cc1)c1ccc(F)cc1. The van der Waals surface area contributed by atoms with E-state index in [9.17, 15) is 27.1 Å². The molecule has 2 aliphatic heterocycles. The third kappa shape index (κ3) is 8.02. The molecule has 12 heteroatoms. The Balaban J connectivity index is 1.35. The van der Waals surface area contributed by atoms with Crippen LogP contribution in [0.25, 0.3) is 0 Å². The lowest BCUT2D eigenvalue weighted by atomic mass is 9.80. The van der Waals surface area contributed by atoms with Crippen LogP contribution < -0.4 is 16.0 Å². The van der Waals surface area contributed by atoms with Crippen molar-refractivity contribution in [3.63, 3.8) is 0 Å². The molecule has 44 heavy (non-hydrogen) atoms. The topological polar surface area (TPSA) is 120 Å². The average Bonchev–Trinajstić information content (AvgIpc) is 3.13. The number of carbonyl (C=O) groups is 1. The highest BCUT2D eigenvalue weighted by atomic mass is 32.2. The second-order valence-corrected chi connectivity index (χ2v) is 14.4. The number of aliphatic hydroxyl groups is 1. The first-order valence-electron chi connectivity index (χ1n) is 15.7. The van der Waals surface area contributed by atoms with Crippen molar-refractivity contribution in [3.05, 3.63) is 71.3 Å². The minimum absolute atomic E-state index is 0.111. The van der Waals surface area contributed by atoms with Crippen molar-refractivity contribution in [1.82, 2.24) is 20.3 Å². The number of hydrogen-bond donors (Lipinski definition) is 4. The summed E-state index contributed by atoms with van der Waals surface area (Å²) >= 11 is 0. The van der Waals surface area contributed by atoms with Gasteiger partial charge in [0.2, 0.25) is 22.3 Å². The van der Waals surface area contributed by atoms with E-state index in [1.54, 1.807) is 28.6 Å². The molecule has 7 atom stereocenters. The summed E-state index contributed by atoms with van der Waals surface area (Å²) in [6, 6.07) is 10.4. The van der Waals surface area contributed by atoms with Crippen molar-refractivity contribution < 1.29 is 31.8 Å². The van der Waals surface area contributed by atoms with Gasteiger partial charge in [0.05, 0.1) is 5.75 Å². The number of rotatable bonds is 11. The van der Waals surface area contributed by atoms with Gasteiger partial charge in [0.1, 0.15) is 17.7 Å². The summed E-state index contributed by atoms with van der Waals surface area (Å²) in [5, 5.41) is 20.1. The Hall–Kier alpha value is -2.48. The summed E-state index contributed by atoms with van der Waals surface area (Å²) in [6.45, 7) is 1.15. The van der Waals surface area contributed by atoms with E-state index >= 15 is 0 Å². The van der Waals surface area contributed by atoms with Gasteiger partial charge in [-0.05, 0) is 79.8 Å². The van der Waals surface area contributed by atoms with Gasteiger partial charge in [0.15, 0.2) is 0 Å². The summed E-state index contributed by atoms with van der Waals surface area (Å²) in [4.78, 5) is 14.1. The number of sulfonamides is 1. The average molecular weight is 635 g/mol. The Morgan fingerprint density at radius 1 is 1.00 bits per heavy atom. The van der Waals surface area contributed by atoms with Gasteiger partial charge in [-0.3, -0.25) is 10.1 Å². The Morgan fingerprint density at radius 2 is 1.64 bits per heavy atom. The Bertz CT molecular complexity index is 1300. The minimum Gasteiger partial charge on any atom is -0.356 e. The predicted molar refractivity (Wildman–Crippen MR) is 163 cm³/mol. The highest BCUT2D eigenvalue weighted by Gasteiger charge is 2.40. The lowest BCUT2D eigenvalue weighted by Crippen LogP contribution is -2.57. The van der Waals surface area contributed by atoms with Gasteiger partial charge in [0.25, 0.3) is 0 Å². The lowest BCUT2D eigenvalue weighted by Gasteiger charge is -2.40. The zero-order chi connectivity index (χ0) is 31.3. The molecular formula is C32H44F2N4O5S. The fraction of sp³-hybridized carbons (Fsp3) is 0.594. The molecule has 2 unspecified atom stereocenters. The van der Waals surface area contributed by atoms with Crippen LogP contribution in [0.3, 0.4) is 0 Å². The number of piperazine rings is 1. The van der Waals surface area contributed by atoms with E-state index in [0.717, 1.165) is 38.5 Å². The van der Waals surface area contributed by atoms with Gasteiger partial charge in [-0.1, -0.05) is 37.1 Å². The van der Waals surface area contributed by atoms with E-state index in [2.05, 4.69) is 16.0 Å². The highest BCUT2D eigenvalue weighted by Crippen LogP contribution is 2.33. The zero-order valence-corrected chi connectivity index (χ0v) is 25.9. The Kier molecular flexibility index (Phi) is 11.0. The molecule has 2 heterocycles. The van der Waals surface area contributed by atoms with Crippen molar-refractivity contribution in [2.24, 2.45) is 5.92 Å². The van der Waals surface area contributed by atoms with Crippen LogP contribution in [0.15, 0.2) is 48.5 Å². The summed E-state index contributed by atoms with van der Waals surface area (Å²) in [5.41, 5.74) is 1.21. The summed E-state index contributed by atoms with van der Waals surface area (Å²) in [7, 11) is -1.98. The molecule has 0 spiro atoms. The zero-order valence-electron chi connectivity index (χ0n) is 25.1. The molecule has 5 rings (SSSR count). The van der Waals surface area contributed by atoms with Crippen LogP contribution in [0, 0.1) is 17.6 Å². The summed E-state index contributed by atoms with van der Waals surface area (Å²) in [6.07, 6.45) is 5.22. The van der Waals surface area contributed by atoms with Crippen LogP contribution in [0.5, 0.6) is 0 Å². The van der Waals surface area contributed by atoms with Crippen molar-refractivity contribution in [2.45, 2.75) is 87.9 Å². The maximum Gasteiger partial charge on any atom is 0.238 e. The smallest absolute Gasteiger partial charge is 0.238 e. The normalized spacial score (nSPS) is 28.2. The minimum atomic E-state index is -3.29. The number of halogens is 2. The first kappa shape index (κ1) is 32.9. The number of amides is 1. The molecule has 0 aromatic heterocycles. The molecule has 3 fully saturated rings. The first-order valence-corrected chi connectivity index (χ1v) is 17.3. The largest absolute Gasteiger partial charge is 0.356 e. The number of carbonyl (C=O) groups excluding carboxylic acids is 1. The number of nitrogens with zero attached hydrogens (tertiary/aromatic N) is 1. The number of benzene rings is 2. The number of methoxy groups -OCH3 is 1. The second-order valence-electron chi connectivity index (χ2n) is 12.3. The van der Waals surface area contributed by atoms with Crippen LogP contribution >= 0.6 is 0 Å². The predicted octanol–water partition coefficient (Wildman–Crippen LogP) is 3.20. The molecule has 1 saturated carbocycles. The molecule has 2 aromatic carbocycles. The molecule has 1 amide bonds. The quantitative estimate of drug-likeness (QED) is 0.281. The van der Waals surface area contributed by atoms with E-state index in [1.165, 1.54) is 31.4 Å². The second kappa shape index (κ2) is 14.7. The molecule has 2 aromatic rings. The van der Waals surface area contributed by atoms with Crippen molar-refractivity contribution in [2.75, 3.05) is 26.0 Å². The van der Waals surface area contributed by atoms with Crippen LogP contribution in [0.2, 0.25) is 0 Å². The molecule has 2 bridgehead atoms. The van der Waals surface area contributed by atoms with Crippen molar-refractivity contribution in [1.29, 1.82) is 0 Å². The number of hydrogen-bond acceptors (Lipinski definition) is 7. The first-order chi connectivity index (χ1) is 21.1. The third-order valence-corrected chi connectivity index (χ3v) is 11.5. The Labute approximate surface area is 258 Å². The molecule has 2 saturated heterocycles. The fourth-order valence-electron chi connectivity index (χ4n) is 7.13. The van der Waals surface area contributed by atoms with Crippen molar-refractivity contribution in [3.8, 4) is 0 Å². The van der Waals surface area contributed by atoms with E-state index in [4.69, 9.17) is 4.74 Å². The van der Waals surface area contributed by atoms with Crippen molar-refractivity contribution >= 4 is 15.9 Å². The number of nitrogens with one attached hydrogen (secondary N) is 3. The van der Waals surface area contributed by atoms with Crippen LogP contribution in [-0.4, -0.2) is 80.3 Å². The summed E-state index contributed by atoms with van der Waals surface area (Å²) in [5.74, 6) is -1.58. The molecule has 4 N–H and O–H groups in total. The number of fused-ring (bicyclic) bond motifs is 2. The maximum atomic E-state index is 14.1.